The Kier molecular flexibility index (Phi) is 3.41. The number of pyridine rings is 1. The van der Waals surface area contributed by atoms with Gasteiger partial charge in [0, 0.05) is 12.6 Å². The summed E-state index contributed by atoms with van der Waals surface area (Å²) in [5.74, 6) is -7.42. The first-order chi connectivity index (χ1) is 8.73. The maximum absolute atomic E-state index is 13.6. The largest absolute Gasteiger partial charge is 0.362 e. The smallest absolute Gasteiger partial charge is 0.253 e. The lowest BCUT2D eigenvalue weighted by Crippen LogP contribution is -2.48. The van der Waals surface area contributed by atoms with Gasteiger partial charge in [-0.15, -0.1) is 0 Å². The van der Waals surface area contributed by atoms with Crippen molar-refractivity contribution in [3.63, 3.8) is 0 Å². The number of sulfone groups is 1. The normalized spacial score (nSPS) is 22.6. The first-order valence-corrected chi connectivity index (χ1v) is 7.22. The molecule has 1 aromatic heterocycles. The molecule has 1 aliphatic rings. The standard InChI is InChI=1S/C10H10F4N2O2S/c1-5-4-19(17,18)3-2-16(5)8-6(11)9(13)15-10(14)7(8)12/h5H,2-4H2,1H3. The molecule has 1 fully saturated rings. The lowest BCUT2D eigenvalue weighted by Gasteiger charge is -2.35. The van der Waals surface area contributed by atoms with E-state index in [9.17, 15) is 26.0 Å². The molecule has 1 unspecified atom stereocenters. The summed E-state index contributed by atoms with van der Waals surface area (Å²) in [5, 5.41) is 0. The highest BCUT2D eigenvalue weighted by Crippen LogP contribution is 2.29. The molecule has 0 bridgehead atoms. The van der Waals surface area contributed by atoms with Crippen LogP contribution in [0.4, 0.5) is 23.2 Å². The summed E-state index contributed by atoms with van der Waals surface area (Å²) in [6.45, 7) is 1.17. The quantitative estimate of drug-likeness (QED) is 0.578. The number of hydrogen-bond acceptors (Lipinski definition) is 4. The van der Waals surface area contributed by atoms with Crippen LogP contribution in [0, 0.1) is 23.5 Å². The van der Waals surface area contributed by atoms with Gasteiger partial charge in [0.1, 0.15) is 5.69 Å². The second-order valence-corrected chi connectivity index (χ2v) is 6.56. The molecule has 0 spiro atoms. The van der Waals surface area contributed by atoms with Gasteiger partial charge in [-0.1, -0.05) is 0 Å². The van der Waals surface area contributed by atoms with Crippen LogP contribution in [-0.4, -0.2) is 37.5 Å². The van der Waals surface area contributed by atoms with Gasteiger partial charge < -0.3 is 4.90 Å². The Morgan fingerprint density at radius 3 is 2.16 bits per heavy atom. The third-order valence-corrected chi connectivity index (χ3v) is 4.73. The number of anilines is 1. The molecule has 2 heterocycles. The third kappa shape index (κ3) is 2.51. The fraction of sp³-hybridized carbons (Fsp3) is 0.500. The first-order valence-electron chi connectivity index (χ1n) is 5.40. The van der Waals surface area contributed by atoms with Gasteiger partial charge >= 0.3 is 0 Å². The van der Waals surface area contributed by atoms with Crippen LogP contribution in [0.5, 0.6) is 0 Å². The van der Waals surface area contributed by atoms with Gasteiger partial charge in [0.2, 0.25) is 11.6 Å². The van der Waals surface area contributed by atoms with Crippen molar-refractivity contribution in [2.45, 2.75) is 13.0 Å². The Bertz CT molecular complexity index is 594. The predicted octanol–water partition coefficient (Wildman–Crippen LogP) is 1.26. The van der Waals surface area contributed by atoms with Crippen LogP contribution in [0.3, 0.4) is 0 Å². The molecule has 0 aliphatic carbocycles. The van der Waals surface area contributed by atoms with Crippen molar-refractivity contribution in [1.29, 1.82) is 0 Å². The molecule has 4 nitrogen and oxygen atoms in total. The topological polar surface area (TPSA) is 50.3 Å². The molecule has 0 amide bonds. The fourth-order valence-electron chi connectivity index (χ4n) is 2.06. The van der Waals surface area contributed by atoms with Crippen LogP contribution < -0.4 is 4.90 Å². The van der Waals surface area contributed by atoms with Crippen molar-refractivity contribution in [3.05, 3.63) is 23.5 Å². The molecular formula is C10H10F4N2O2S. The zero-order valence-corrected chi connectivity index (χ0v) is 10.6. The summed E-state index contributed by atoms with van der Waals surface area (Å²) in [7, 11) is -3.31. The van der Waals surface area contributed by atoms with Crippen LogP contribution in [-0.2, 0) is 9.84 Å². The van der Waals surface area contributed by atoms with Crippen LogP contribution in [0.2, 0.25) is 0 Å². The minimum Gasteiger partial charge on any atom is -0.362 e. The van der Waals surface area contributed by atoms with Gasteiger partial charge in [-0.3, -0.25) is 0 Å². The van der Waals surface area contributed by atoms with Gasteiger partial charge in [-0.2, -0.15) is 22.5 Å². The molecule has 0 radical (unpaired) electrons. The maximum atomic E-state index is 13.6. The zero-order chi connectivity index (χ0) is 14.4. The van der Waals surface area contributed by atoms with E-state index in [-0.39, 0.29) is 18.1 Å². The Morgan fingerprint density at radius 1 is 1.16 bits per heavy atom. The number of aromatic nitrogens is 1. The molecule has 0 saturated carbocycles. The molecule has 2 rings (SSSR count). The summed E-state index contributed by atoms with van der Waals surface area (Å²) in [6.07, 6.45) is 0. The van der Waals surface area contributed by atoms with E-state index in [1.165, 1.54) is 6.92 Å². The molecule has 9 heteroatoms. The Labute approximate surface area is 107 Å². The second-order valence-electron chi connectivity index (χ2n) is 4.33. The molecule has 1 aromatic rings. The lowest BCUT2D eigenvalue weighted by atomic mass is 10.2. The van der Waals surface area contributed by atoms with Crippen molar-refractivity contribution in [2.75, 3.05) is 23.0 Å². The Hall–Kier alpha value is -1.38. The molecule has 106 valence electrons. The zero-order valence-electron chi connectivity index (χ0n) is 9.83. The van der Waals surface area contributed by atoms with Gasteiger partial charge in [-0.25, -0.2) is 8.42 Å². The highest BCUT2D eigenvalue weighted by molar-refractivity contribution is 7.91. The molecule has 1 aliphatic heterocycles. The van der Waals surface area contributed by atoms with E-state index in [0.29, 0.717) is 0 Å². The van der Waals surface area contributed by atoms with E-state index in [1.807, 2.05) is 0 Å². The van der Waals surface area contributed by atoms with Crippen molar-refractivity contribution in [3.8, 4) is 0 Å². The van der Waals surface area contributed by atoms with E-state index in [1.54, 1.807) is 0 Å². The predicted molar refractivity (Wildman–Crippen MR) is 59.5 cm³/mol. The fourth-order valence-corrected chi connectivity index (χ4v) is 3.62. The van der Waals surface area contributed by atoms with Crippen molar-refractivity contribution < 1.29 is 26.0 Å². The first kappa shape index (κ1) is 14.0. The summed E-state index contributed by atoms with van der Waals surface area (Å²) in [5.41, 5.74) is -0.910. The minimum absolute atomic E-state index is 0.236. The van der Waals surface area contributed by atoms with Crippen LogP contribution in [0.1, 0.15) is 6.92 Å². The molecule has 0 N–H and O–H groups in total. The van der Waals surface area contributed by atoms with E-state index in [4.69, 9.17) is 0 Å². The molecule has 1 atom stereocenters. The van der Waals surface area contributed by atoms with E-state index in [0.717, 1.165) is 4.90 Å². The third-order valence-electron chi connectivity index (χ3n) is 2.93. The van der Waals surface area contributed by atoms with Crippen LogP contribution >= 0.6 is 0 Å². The molecule has 0 aromatic carbocycles. The maximum Gasteiger partial charge on any atom is 0.253 e. The number of hydrogen-bond donors (Lipinski definition) is 0. The lowest BCUT2D eigenvalue weighted by molar-refractivity contribution is 0.403. The van der Waals surface area contributed by atoms with E-state index >= 15 is 0 Å². The van der Waals surface area contributed by atoms with Crippen LogP contribution in [0.25, 0.3) is 0 Å². The summed E-state index contributed by atoms with van der Waals surface area (Å²) >= 11 is 0. The number of rotatable bonds is 1. The van der Waals surface area contributed by atoms with Crippen molar-refractivity contribution >= 4 is 15.5 Å². The van der Waals surface area contributed by atoms with Gasteiger partial charge in [-0.05, 0) is 6.92 Å². The molecular weight excluding hydrogens is 288 g/mol. The highest BCUT2D eigenvalue weighted by atomic mass is 32.2. The van der Waals surface area contributed by atoms with E-state index < -0.39 is 45.1 Å². The van der Waals surface area contributed by atoms with Gasteiger partial charge in [0.05, 0.1) is 11.5 Å². The Balaban J connectivity index is 2.49. The summed E-state index contributed by atoms with van der Waals surface area (Å²) in [6, 6.07) is -0.788. The molecule has 1 saturated heterocycles. The number of halogens is 4. The van der Waals surface area contributed by atoms with E-state index in [2.05, 4.69) is 4.98 Å². The highest BCUT2D eigenvalue weighted by Gasteiger charge is 2.34. The van der Waals surface area contributed by atoms with Gasteiger partial charge in [0.25, 0.3) is 11.9 Å². The summed E-state index contributed by atoms with van der Waals surface area (Å²) in [4.78, 5) is 3.45. The summed E-state index contributed by atoms with van der Waals surface area (Å²) < 4.78 is 75.9. The second kappa shape index (κ2) is 4.62. The van der Waals surface area contributed by atoms with Crippen molar-refractivity contribution in [1.82, 2.24) is 4.98 Å². The van der Waals surface area contributed by atoms with Crippen molar-refractivity contribution in [2.24, 2.45) is 0 Å². The number of nitrogens with zero attached hydrogens (tertiary/aromatic N) is 2. The van der Waals surface area contributed by atoms with Crippen LogP contribution in [0.15, 0.2) is 0 Å². The Morgan fingerprint density at radius 2 is 1.68 bits per heavy atom. The molecule has 19 heavy (non-hydrogen) atoms. The average molecular weight is 298 g/mol. The van der Waals surface area contributed by atoms with Gasteiger partial charge in [0.15, 0.2) is 9.84 Å². The average Bonchev–Trinajstić information content (AvgIpc) is 2.29. The minimum atomic E-state index is -3.31. The SMILES string of the molecule is CC1CS(=O)(=O)CCN1c1c(F)c(F)nc(F)c1F. The monoisotopic (exact) mass is 298 g/mol.